The summed E-state index contributed by atoms with van der Waals surface area (Å²) in [5, 5.41) is 6.88. The Bertz CT molecular complexity index is 621. The molecule has 0 radical (unpaired) electrons. The number of hydrogen-bond donors (Lipinski definition) is 3. The second-order valence-electron chi connectivity index (χ2n) is 3.51. The minimum absolute atomic E-state index is 0.270. The van der Waals surface area contributed by atoms with Crippen LogP contribution >= 0.6 is 7.82 Å². The van der Waals surface area contributed by atoms with Gasteiger partial charge in [-0.25, -0.2) is 9.55 Å². The van der Waals surface area contributed by atoms with E-state index < -0.39 is 7.82 Å². The van der Waals surface area contributed by atoms with Crippen LogP contribution in [0.4, 0.5) is 5.95 Å². The van der Waals surface area contributed by atoms with Gasteiger partial charge in [-0.3, -0.25) is 4.52 Å². The van der Waals surface area contributed by atoms with Gasteiger partial charge in [0, 0.05) is 12.6 Å². The SMILES string of the molecule is CNc1nc(C)nc2c(COP(=O)(O)O)cnn12. The summed E-state index contributed by atoms with van der Waals surface area (Å²) in [7, 11) is -2.82. The molecule has 0 aliphatic rings. The maximum atomic E-state index is 10.7. The van der Waals surface area contributed by atoms with Crippen LogP contribution in [0, 0.1) is 6.92 Å². The van der Waals surface area contributed by atoms with Gasteiger partial charge in [0.2, 0.25) is 5.95 Å². The summed E-state index contributed by atoms with van der Waals surface area (Å²) in [5.74, 6) is 1.00. The van der Waals surface area contributed by atoms with Crippen molar-refractivity contribution in [1.29, 1.82) is 0 Å². The van der Waals surface area contributed by atoms with Gasteiger partial charge in [0.05, 0.1) is 12.8 Å². The molecular weight excluding hydrogens is 261 g/mol. The zero-order chi connectivity index (χ0) is 13.3. The average molecular weight is 273 g/mol. The van der Waals surface area contributed by atoms with Crippen molar-refractivity contribution in [1.82, 2.24) is 19.6 Å². The van der Waals surface area contributed by atoms with E-state index in [0.29, 0.717) is 23.0 Å². The first-order chi connectivity index (χ1) is 8.40. The molecule has 2 rings (SSSR count). The summed E-state index contributed by atoms with van der Waals surface area (Å²) < 4.78 is 16.5. The molecular formula is C8H12N5O4P. The first-order valence-electron chi connectivity index (χ1n) is 5.00. The van der Waals surface area contributed by atoms with Crippen LogP contribution in [0.25, 0.3) is 5.65 Å². The molecule has 0 amide bonds. The van der Waals surface area contributed by atoms with E-state index in [1.807, 2.05) is 0 Å². The highest BCUT2D eigenvalue weighted by molar-refractivity contribution is 7.46. The molecule has 18 heavy (non-hydrogen) atoms. The lowest BCUT2D eigenvalue weighted by Crippen LogP contribution is -2.06. The van der Waals surface area contributed by atoms with E-state index in [1.165, 1.54) is 10.7 Å². The molecule has 98 valence electrons. The molecule has 0 bridgehead atoms. The quantitative estimate of drug-likeness (QED) is 0.669. The van der Waals surface area contributed by atoms with Crippen molar-refractivity contribution in [2.75, 3.05) is 12.4 Å². The van der Waals surface area contributed by atoms with Crippen molar-refractivity contribution in [2.24, 2.45) is 0 Å². The lowest BCUT2D eigenvalue weighted by Gasteiger charge is -2.05. The average Bonchev–Trinajstić information content (AvgIpc) is 2.67. The van der Waals surface area contributed by atoms with Crippen molar-refractivity contribution >= 4 is 19.4 Å². The summed E-state index contributed by atoms with van der Waals surface area (Å²) >= 11 is 0. The monoisotopic (exact) mass is 273 g/mol. The van der Waals surface area contributed by atoms with Gasteiger partial charge in [0.1, 0.15) is 5.82 Å². The molecule has 0 unspecified atom stereocenters. The van der Waals surface area contributed by atoms with E-state index in [0.717, 1.165) is 0 Å². The van der Waals surface area contributed by atoms with Gasteiger partial charge in [-0.15, -0.1) is 0 Å². The van der Waals surface area contributed by atoms with Gasteiger partial charge >= 0.3 is 7.82 Å². The van der Waals surface area contributed by atoms with Gasteiger partial charge < -0.3 is 15.1 Å². The number of anilines is 1. The molecule has 3 N–H and O–H groups in total. The summed E-state index contributed by atoms with van der Waals surface area (Å²) in [6.45, 7) is 1.44. The molecule has 2 aromatic heterocycles. The highest BCUT2D eigenvalue weighted by Gasteiger charge is 2.17. The van der Waals surface area contributed by atoms with Crippen molar-refractivity contribution in [3.05, 3.63) is 17.6 Å². The van der Waals surface area contributed by atoms with E-state index in [4.69, 9.17) is 9.79 Å². The molecule has 0 aliphatic carbocycles. The number of nitrogens with one attached hydrogen (secondary N) is 1. The lowest BCUT2D eigenvalue weighted by atomic mass is 10.4. The summed E-state index contributed by atoms with van der Waals surface area (Å²) in [5.41, 5.74) is 0.917. The van der Waals surface area contributed by atoms with Gasteiger partial charge in [-0.2, -0.15) is 14.6 Å². The largest absolute Gasteiger partial charge is 0.469 e. The second kappa shape index (κ2) is 4.62. The molecule has 0 fully saturated rings. The van der Waals surface area contributed by atoms with E-state index in [-0.39, 0.29) is 6.61 Å². The van der Waals surface area contributed by atoms with Crippen LogP contribution in [0.3, 0.4) is 0 Å². The normalized spacial score (nSPS) is 12.0. The van der Waals surface area contributed by atoms with Crippen molar-refractivity contribution in [3.63, 3.8) is 0 Å². The first kappa shape index (κ1) is 12.9. The van der Waals surface area contributed by atoms with Crippen LogP contribution in [-0.2, 0) is 15.7 Å². The lowest BCUT2D eigenvalue weighted by molar-refractivity contribution is 0.189. The van der Waals surface area contributed by atoms with Gasteiger partial charge in [0.25, 0.3) is 0 Å². The number of phosphoric acid groups is 1. The predicted molar refractivity (Wildman–Crippen MR) is 61.9 cm³/mol. The Morgan fingerprint density at radius 3 is 2.83 bits per heavy atom. The molecule has 0 atom stereocenters. The van der Waals surface area contributed by atoms with Crippen LogP contribution in [0.1, 0.15) is 11.4 Å². The second-order valence-corrected chi connectivity index (χ2v) is 4.75. The minimum atomic E-state index is -4.51. The van der Waals surface area contributed by atoms with Crippen LogP contribution in [0.5, 0.6) is 0 Å². The highest BCUT2D eigenvalue weighted by atomic mass is 31.2. The predicted octanol–water partition coefficient (Wildman–Crippen LogP) is 0.0837. The Balaban J connectivity index is 2.41. The third-order valence-electron chi connectivity index (χ3n) is 2.16. The third kappa shape index (κ3) is 2.65. The number of aromatic nitrogens is 4. The molecule has 0 saturated carbocycles. The van der Waals surface area contributed by atoms with Crippen molar-refractivity contribution in [2.45, 2.75) is 13.5 Å². The van der Waals surface area contributed by atoms with Gasteiger partial charge in [-0.05, 0) is 6.92 Å². The fourth-order valence-corrected chi connectivity index (χ4v) is 1.75. The summed E-state index contributed by atoms with van der Waals surface area (Å²) in [6.07, 6.45) is 1.43. The van der Waals surface area contributed by atoms with E-state index in [1.54, 1.807) is 14.0 Å². The number of aryl methyl sites for hydroxylation is 1. The van der Waals surface area contributed by atoms with Crippen molar-refractivity contribution < 1.29 is 18.9 Å². The summed E-state index contributed by atoms with van der Waals surface area (Å²) in [6, 6.07) is 0. The van der Waals surface area contributed by atoms with Crippen LogP contribution < -0.4 is 5.32 Å². The maximum absolute atomic E-state index is 10.7. The Hall–Kier alpha value is -1.54. The number of phosphoric ester groups is 1. The molecule has 10 heteroatoms. The molecule has 0 aliphatic heterocycles. The van der Waals surface area contributed by atoms with Gasteiger partial charge in [-0.1, -0.05) is 0 Å². The van der Waals surface area contributed by atoms with E-state index >= 15 is 0 Å². The standard InChI is InChI=1S/C8H12N5O4P/c1-5-11-7-6(4-17-18(14,15)16)3-10-13(7)8(9-2)12-5/h3H,4H2,1-2H3,(H,9,11,12)(H2,14,15,16). The zero-order valence-corrected chi connectivity index (χ0v) is 10.6. The smallest absolute Gasteiger partial charge is 0.357 e. The van der Waals surface area contributed by atoms with Crippen LogP contribution in [0.2, 0.25) is 0 Å². The van der Waals surface area contributed by atoms with Crippen LogP contribution in [0.15, 0.2) is 6.20 Å². The third-order valence-corrected chi connectivity index (χ3v) is 2.63. The molecule has 2 heterocycles. The molecule has 0 spiro atoms. The number of nitrogens with zero attached hydrogens (tertiary/aromatic N) is 4. The molecule has 0 saturated heterocycles. The maximum Gasteiger partial charge on any atom is 0.469 e. The van der Waals surface area contributed by atoms with Crippen molar-refractivity contribution in [3.8, 4) is 0 Å². The first-order valence-corrected chi connectivity index (χ1v) is 6.53. The molecule has 0 aromatic carbocycles. The minimum Gasteiger partial charge on any atom is -0.357 e. The number of rotatable bonds is 4. The number of hydrogen-bond acceptors (Lipinski definition) is 6. The fourth-order valence-electron chi connectivity index (χ4n) is 1.45. The zero-order valence-electron chi connectivity index (χ0n) is 9.73. The molecule has 9 nitrogen and oxygen atoms in total. The fraction of sp³-hybridized carbons (Fsp3) is 0.375. The van der Waals surface area contributed by atoms with E-state index in [9.17, 15) is 4.57 Å². The van der Waals surface area contributed by atoms with Gasteiger partial charge in [0.15, 0.2) is 5.65 Å². The Kier molecular flexibility index (Phi) is 3.31. The number of fused-ring (bicyclic) bond motifs is 1. The molecule has 2 aromatic rings. The Morgan fingerprint density at radius 1 is 1.50 bits per heavy atom. The highest BCUT2D eigenvalue weighted by Crippen LogP contribution is 2.37. The Morgan fingerprint density at radius 2 is 2.22 bits per heavy atom. The topological polar surface area (TPSA) is 122 Å². The Labute approximate surface area is 102 Å². The van der Waals surface area contributed by atoms with Crippen LogP contribution in [-0.4, -0.2) is 36.4 Å². The summed E-state index contributed by atoms with van der Waals surface area (Å²) in [4.78, 5) is 25.6. The van der Waals surface area contributed by atoms with E-state index in [2.05, 4.69) is 24.9 Å².